The molecule has 4 heteroatoms. The monoisotopic (exact) mass is 208 g/mol. The first kappa shape index (κ1) is 11.6. The molecule has 1 saturated heterocycles. The van der Waals surface area contributed by atoms with Crippen LogP contribution in [0.4, 0.5) is 0 Å². The van der Waals surface area contributed by atoms with Crippen LogP contribution in [0.15, 0.2) is 0 Å². The fraction of sp³-hybridized carbons (Fsp3) is 0.636. The van der Waals surface area contributed by atoms with Gasteiger partial charge in [-0.3, -0.25) is 9.59 Å². The molecule has 0 bridgehead atoms. The molecule has 1 N–H and O–H groups in total. The van der Waals surface area contributed by atoms with E-state index in [4.69, 9.17) is 6.42 Å². The number of hydrogen-bond acceptors (Lipinski definition) is 2. The summed E-state index contributed by atoms with van der Waals surface area (Å²) in [6.45, 7) is 2.96. The Kier molecular flexibility index (Phi) is 4.17. The summed E-state index contributed by atoms with van der Waals surface area (Å²) in [7, 11) is 0. The van der Waals surface area contributed by atoms with Crippen LogP contribution in [0.2, 0.25) is 0 Å². The highest BCUT2D eigenvalue weighted by Gasteiger charge is 2.29. The summed E-state index contributed by atoms with van der Waals surface area (Å²) >= 11 is 0. The predicted molar refractivity (Wildman–Crippen MR) is 56.9 cm³/mol. The van der Waals surface area contributed by atoms with E-state index in [-0.39, 0.29) is 17.9 Å². The van der Waals surface area contributed by atoms with Crippen molar-refractivity contribution in [3.05, 3.63) is 0 Å². The second kappa shape index (κ2) is 5.40. The average molecular weight is 208 g/mol. The van der Waals surface area contributed by atoms with E-state index in [1.54, 1.807) is 4.90 Å². The van der Waals surface area contributed by atoms with Crippen LogP contribution in [-0.2, 0) is 9.59 Å². The van der Waals surface area contributed by atoms with Crippen molar-refractivity contribution in [3.63, 3.8) is 0 Å². The van der Waals surface area contributed by atoms with E-state index >= 15 is 0 Å². The van der Waals surface area contributed by atoms with E-state index in [0.717, 1.165) is 6.42 Å². The fourth-order valence-electron chi connectivity index (χ4n) is 1.67. The summed E-state index contributed by atoms with van der Waals surface area (Å²) in [6, 6.07) is -0.364. The fourth-order valence-corrected chi connectivity index (χ4v) is 1.67. The van der Waals surface area contributed by atoms with Gasteiger partial charge in [-0.2, -0.15) is 0 Å². The molecule has 1 rings (SSSR count). The Morgan fingerprint density at radius 1 is 1.73 bits per heavy atom. The van der Waals surface area contributed by atoms with Gasteiger partial charge in [-0.1, -0.05) is 12.8 Å². The lowest BCUT2D eigenvalue weighted by Crippen LogP contribution is -2.44. The van der Waals surface area contributed by atoms with Crippen molar-refractivity contribution >= 4 is 11.8 Å². The molecule has 82 valence electrons. The molecule has 15 heavy (non-hydrogen) atoms. The molecule has 2 amide bonds. The molecule has 0 aromatic carbocycles. The Bertz CT molecular complexity index is 293. The number of amides is 2. The molecular weight excluding hydrogens is 192 g/mol. The second-order valence-corrected chi connectivity index (χ2v) is 3.62. The van der Waals surface area contributed by atoms with Crippen molar-refractivity contribution in [2.45, 2.75) is 32.2 Å². The number of nitrogens with zero attached hydrogens (tertiary/aromatic N) is 1. The largest absolute Gasteiger partial charge is 0.344 e. The molecule has 4 nitrogen and oxygen atoms in total. The number of terminal acetylenes is 1. The van der Waals surface area contributed by atoms with Crippen LogP contribution in [0, 0.1) is 12.3 Å². The second-order valence-electron chi connectivity index (χ2n) is 3.62. The molecule has 0 aromatic heterocycles. The van der Waals surface area contributed by atoms with E-state index in [1.807, 2.05) is 6.92 Å². The van der Waals surface area contributed by atoms with E-state index in [9.17, 15) is 9.59 Å². The van der Waals surface area contributed by atoms with Gasteiger partial charge in [0.2, 0.25) is 11.8 Å². The Hall–Kier alpha value is -1.50. The number of carbonyl (C=O) groups excluding carboxylic acids is 2. The molecular formula is C11H16N2O2. The summed E-state index contributed by atoms with van der Waals surface area (Å²) in [5.41, 5.74) is 0. The Morgan fingerprint density at radius 3 is 2.93 bits per heavy atom. The van der Waals surface area contributed by atoms with Crippen LogP contribution in [-0.4, -0.2) is 35.8 Å². The van der Waals surface area contributed by atoms with Gasteiger partial charge in [-0.25, -0.2) is 0 Å². The predicted octanol–water partition coefficient (Wildman–Crippen LogP) is 0.137. The van der Waals surface area contributed by atoms with E-state index in [1.165, 1.54) is 0 Å². The van der Waals surface area contributed by atoms with Crippen molar-refractivity contribution in [1.29, 1.82) is 0 Å². The molecule has 1 aliphatic rings. The first-order valence-electron chi connectivity index (χ1n) is 5.20. The quantitative estimate of drug-likeness (QED) is 0.668. The van der Waals surface area contributed by atoms with Crippen molar-refractivity contribution in [1.82, 2.24) is 10.2 Å². The van der Waals surface area contributed by atoms with Gasteiger partial charge in [-0.15, -0.1) is 6.42 Å². The van der Waals surface area contributed by atoms with Gasteiger partial charge in [0.25, 0.3) is 0 Å². The summed E-state index contributed by atoms with van der Waals surface area (Å²) < 4.78 is 0. The molecule has 0 aromatic rings. The minimum absolute atomic E-state index is 0.0505. The third-order valence-corrected chi connectivity index (χ3v) is 2.38. The SMILES string of the molecule is C#CCN(CCC)C(=O)C1CCC(=O)N1. The number of nitrogens with one attached hydrogen (secondary N) is 1. The lowest BCUT2D eigenvalue weighted by molar-refractivity contribution is -0.133. The molecule has 0 aliphatic carbocycles. The lowest BCUT2D eigenvalue weighted by atomic mass is 10.2. The van der Waals surface area contributed by atoms with Gasteiger partial charge in [0.15, 0.2) is 0 Å². The highest BCUT2D eigenvalue weighted by Crippen LogP contribution is 2.09. The van der Waals surface area contributed by atoms with Gasteiger partial charge in [-0.05, 0) is 12.8 Å². The minimum Gasteiger partial charge on any atom is -0.344 e. The Morgan fingerprint density at radius 2 is 2.47 bits per heavy atom. The third kappa shape index (κ3) is 2.98. The van der Waals surface area contributed by atoms with Gasteiger partial charge in [0, 0.05) is 13.0 Å². The van der Waals surface area contributed by atoms with Gasteiger partial charge in [0.05, 0.1) is 6.54 Å². The topological polar surface area (TPSA) is 49.4 Å². The standard InChI is InChI=1S/C11H16N2O2/c1-3-7-13(8-4-2)11(15)9-5-6-10(14)12-9/h1,9H,4-8H2,2H3,(H,12,14). The number of rotatable bonds is 4. The minimum atomic E-state index is -0.364. The van der Waals surface area contributed by atoms with Crippen molar-refractivity contribution in [3.8, 4) is 12.3 Å². The Balaban J connectivity index is 2.55. The molecule has 1 unspecified atom stereocenters. The highest BCUT2D eigenvalue weighted by molar-refractivity contribution is 5.90. The molecule has 1 fully saturated rings. The number of hydrogen-bond donors (Lipinski definition) is 1. The van der Waals surface area contributed by atoms with Crippen LogP contribution in [0.1, 0.15) is 26.2 Å². The van der Waals surface area contributed by atoms with Crippen molar-refractivity contribution in [2.24, 2.45) is 0 Å². The molecule has 0 saturated carbocycles. The summed E-state index contributed by atoms with van der Waals surface area (Å²) in [5.74, 6) is 2.36. The molecule has 0 spiro atoms. The van der Waals surface area contributed by atoms with E-state index < -0.39 is 0 Å². The maximum Gasteiger partial charge on any atom is 0.245 e. The van der Waals surface area contributed by atoms with Crippen LogP contribution in [0.25, 0.3) is 0 Å². The molecule has 1 atom stereocenters. The van der Waals surface area contributed by atoms with Gasteiger partial charge in [0.1, 0.15) is 6.04 Å². The zero-order chi connectivity index (χ0) is 11.3. The average Bonchev–Trinajstić information content (AvgIpc) is 2.63. The van der Waals surface area contributed by atoms with Crippen molar-refractivity contribution in [2.75, 3.05) is 13.1 Å². The zero-order valence-corrected chi connectivity index (χ0v) is 8.95. The number of carbonyl (C=O) groups is 2. The highest BCUT2D eigenvalue weighted by atomic mass is 16.2. The molecule has 1 heterocycles. The zero-order valence-electron chi connectivity index (χ0n) is 8.95. The summed E-state index contributed by atoms with van der Waals surface area (Å²) in [5, 5.41) is 2.65. The van der Waals surface area contributed by atoms with Crippen LogP contribution >= 0.6 is 0 Å². The van der Waals surface area contributed by atoms with E-state index in [2.05, 4.69) is 11.2 Å². The van der Waals surface area contributed by atoms with Crippen molar-refractivity contribution < 1.29 is 9.59 Å². The summed E-state index contributed by atoms with van der Waals surface area (Å²) in [6.07, 6.45) is 7.08. The van der Waals surface area contributed by atoms with Crippen LogP contribution in [0.5, 0.6) is 0 Å². The maximum absolute atomic E-state index is 11.9. The third-order valence-electron chi connectivity index (χ3n) is 2.38. The Labute approximate surface area is 90.0 Å². The van der Waals surface area contributed by atoms with Gasteiger partial charge < -0.3 is 10.2 Å². The summed E-state index contributed by atoms with van der Waals surface area (Å²) in [4.78, 5) is 24.5. The van der Waals surface area contributed by atoms with E-state index in [0.29, 0.717) is 25.9 Å². The molecule has 1 aliphatic heterocycles. The first-order chi connectivity index (χ1) is 7.19. The lowest BCUT2D eigenvalue weighted by Gasteiger charge is -2.22. The smallest absolute Gasteiger partial charge is 0.245 e. The maximum atomic E-state index is 11.9. The van der Waals surface area contributed by atoms with Crippen LogP contribution in [0.3, 0.4) is 0 Å². The van der Waals surface area contributed by atoms with Gasteiger partial charge >= 0.3 is 0 Å². The van der Waals surface area contributed by atoms with Crippen LogP contribution < -0.4 is 5.32 Å². The first-order valence-corrected chi connectivity index (χ1v) is 5.20. The normalized spacial score (nSPS) is 19.5. The molecule has 0 radical (unpaired) electrons.